The number of benzene rings is 1. The van der Waals surface area contributed by atoms with Gasteiger partial charge in [0.25, 0.3) is 5.91 Å². The first-order chi connectivity index (χ1) is 13.0. The van der Waals surface area contributed by atoms with Crippen LogP contribution in [0.2, 0.25) is 0 Å². The van der Waals surface area contributed by atoms with Gasteiger partial charge in [-0.25, -0.2) is 0 Å². The molecule has 3 rings (SSSR count). The van der Waals surface area contributed by atoms with E-state index in [9.17, 15) is 4.79 Å². The molecular weight excluding hydrogens is 387 g/mol. The molecule has 1 saturated heterocycles. The molecule has 6 heteroatoms. The minimum absolute atomic E-state index is 0. The van der Waals surface area contributed by atoms with Gasteiger partial charge in [-0.1, -0.05) is 24.9 Å². The molecule has 2 N–H and O–H groups in total. The molecule has 1 aromatic carbocycles. The summed E-state index contributed by atoms with van der Waals surface area (Å²) in [5.41, 5.74) is 9.42. The average molecular weight is 417 g/mol. The van der Waals surface area contributed by atoms with Crippen molar-refractivity contribution in [2.24, 2.45) is 0 Å². The molecule has 1 amide bonds. The zero-order valence-electron chi connectivity index (χ0n) is 18.0. The maximum Gasteiger partial charge on any atom is 1.00 e. The van der Waals surface area contributed by atoms with Gasteiger partial charge in [0.05, 0.1) is 0 Å². The third-order valence-corrected chi connectivity index (χ3v) is 5.01. The summed E-state index contributed by atoms with van der Waals surface area (Å²) in [5.74, 6) is 0.598. The molecule has 29 heavy (non-hydrogen) atoms. The fourth-order valence-electron chi connectivity index (χ4n) is 3.35. The van der Waals surface area contributed by atoms with E-state index in [1.165, 1.54) is 5.56 Å². The molecule has 1 aliphatic rings. The van der Waals surface area contributed by atoms with E-state index in [0.29, 0.717) is 11.6 Å². The van der Waals surface area contributed by atoms with Crippen LogP contribution in [0.25, 0.3) is 6.08 Å². The van der Waals surface area contributed by atoms with E-state index in [-0.39, 0.29) is 64.7 Å². The Balaban J connectivity index is 0.00000210. The van der Waals surface area contributed by atoms with Crippen LogP contribution in [0, 0.1) is 19.7 Å². The van der Waals surface area contributed by atoms with Crippen molar-refractivity contribution in [1.29, 1.82) is 0 Å². The summed E-state index contributed by atoms with van der Waals surface area (Å²) in [6.07, 6.45) is 11.9. The number of carbonyl (C=O) groups excluding carboxylic acids is 1. The van der Waals surface area contributed by atoms with Gasteiger partial charge in [0.15, 0.2) is 0 Å². The zero-order valence-corrected chi connectivity index (χ0v) is 21.1. The molecule has 0 radical (unpaired) electrons. The molecule has 1 aromatic heterocycles. The van der Waals surface area contributed by atoms with E-state index < -0.39 is 0 Å². The molecule has 5 nitrogen and oxygen atoms in total. The molecule has 0 unspecified atom stereocenters. The average Bonchev–Trinajstić information content (AvgIpc) is 2.69. The van der Waals surface area contributed by atoms with Gasteiger partial charge in [0.1, 0.15) is 0 Å². The van der Waals surface area contributed by atoms with Gasteiger partial charge in [0, 0.05) is 19.7 Å². The number of nitrogens with two attached hydrogens (primary N) is 1. The number of amides is 1. The Kier molecular flexibility index (Phi) is 11.3. The Bertz CT molecular complexity index is 797. The summed E-state index contributed by atoms with van der Waals surface area (Å²) < 4.78 is 0. The van der Waals surface area contributed by atoms with Gasteiger partial charge in [-0.3, -0.25) is 10.4 Å². The minimum atomic E-state index is 0. The quantitative estimate of drug-likeness (QED) is 0.563. The van der Waals surface area contributed by atoms with Crippen LogP contribution in [0.15, 0.2) is 36.5 Å². The molecular formula is C23H29KN4O-2. The second kappa shape index (κ2) is 12.6. The maximum atomic E-state index is 12.0. The zero-order chi connectivity index (χ0) is 19.2. The SMILES string of the molecule is CN(C)C(=O)c1ccc(C2CCN(C[C-]=Cc3[c-]nccc3N)CC2)cc1.[CH3-].[K+]. The van der Waals surface area contributed by atoms with Gasteiger partial charge in [0.2, 0.25) is 0 Å². The van der Waals surface area contributed by atoms with E-state index in [0.717, 1.165) is 43.6 Å². The maximum absolute atomic E-state index is 12.0. The predicted molar refractivity (Wildman–Crippen MR) is 114 cm³/mol. The van der Waals surface area contributed by atoms with Crippen molar-refractivity contribution in [2.45, 2.75) is 18.8 Å². The van der Waals surface area contributed by atoms with E-state index in [1.807, 2.05) is 18.2 Å². The first kappa shape index (κ1) is 26.0. The number of carbonyl (C=O) groups is 1. The number of hydrogen-bond acceptors (Lipinski definition) is 4. The molecule has 1 fully saturated rings. The van der Waals surface area contributed by atoms with E-state index in [1.54, 1.807) is 31.3 Å². The number of likely N-dealkylation sites (tertiary alicyclic amines) is 1. The van der Waals surface area contributed by atoms with Gasteiger partial charge in [-0.05, 0) is 49.5 Å². The van der Waals surface area contributed by atoms with Crippen molar-refractivity contribution < 1.29 is 56.2 Å². The molecule has 150 valence electrons. The smallest absolute Gasteiger partial charge is 0.452 e. The van der Waals surface area contributed by atoms with Crippen molar-refractivity contribution >= 4 is 17.7 Å². The van der Waals surface area contributed by atoms with Gasteiger partial charge < -0.3 is 40.1 Å². The fourth-order valence-corrected chi connectivity index (χ4v) is 3.35. The van der Waals surface area contributed by atoms with Crippen LogP contribution >= 0.6 is 0 Å². The standard InChI is InChI=1S/C22H26N4O.CH3.K/c1-25(2)22(27)19-7-5-17(6-8-19)18-10-14-26(15-11-18)13-3-4-20-16-24-12-9-21(20)23;;/h4-9,12,18H,10-11,13-15H2,1-2H3,(H2,23,24);1H3;/q-2;-1;+1. The molecule has 0 aliphatic carbocycles. The summed E-state index contributed by atoms with van der Waals surface area (Å²) in [6, 6.07) is 9.85. The van der Waals surface area contributed by atoms with Crippen LogP contribution in [0.4, 0.5) is 5.69 Å². The normalized spacial score (nSPS) is 14.8. The number of rotatable bonds is 5. The number of nitrogens with zero attached hydrogens (tertiary/aromatic N) is 3. The van der Waals surface area contributed by atoms with Crippen LogP contribution in [-0.2, 0) is 0 Å². The van der Waals surface area contributed by atoms with E-state index in [4.69, 9.17) is 5.73 Å². The summed E-state index contributed by atoms with van der Waals surface area (Å²) in [4.78, 5) is 20.0. The predicted octanol–water partition coefficient (Wildman–Crippen LogP) is 0.316. The summed E-state index contributed by atoms with van der Waals surface area (Å²) in [5, 5.41) is 0. The van der Waals surface area contributed by atoms with Crippen molar-refractivity contribution in [3.63, 3.8) is 0 Å². The second-order valence-corrected chi connectivity index (χ2v) is 7.15. The third kappa shape index (κ3) is 7.31. The Morgan fingerprint density at radius 1 is 1.28 bits per heavy atom. The number of anilines is 1. The number of pyridine rings is 1. The Hall–Kier alpha value is -1.02. The molecule has 1 aliphatic heterocycles. The van der Waals surface area contributed by atoms with Crippen LogP contribution in [0.5, 0.6) is 0 Å². The first-order valence-corrected chi connectivity index (χ1v) is 9.27. The van der Waals surface area contributed by atoms with Gasteiger partial charge >= 0.3 is 51.4 Å². The van der Waals surface area contributed by atoms with Crippen molar-refractivity contribution in [3.8, 4) is 0 Å². The molecule has 0 atom stereocenters. The topological polar surface area (TPSA) is 62.5 Å². The summed E-state index contributed by atoms with van der Waals surface area (Å²) in [6.45, 7) is 2.86. The molecule has 0 bridgehead atoms. The van der Waals surface area contributed by atoms with E-state index in [2.05, 4.69) is 34.3 Å². The Labute approximate surface area is 217 Å². The Morgan fingerprint density at radius 2 is 1.93 bits per heavy atom. The molecule has 2 aromatic rings. The van der Waals surface area contributed by atoms with Crippen molar-refractivity contribution in [2.75, 3.05) is 39.5 Å². The summed E-state index contributed by atoms with van der Waals surface area (Å²) in [7, 11) is 3.55. The van der Waals surface area contributed by atoms with Crippen LogP contribution < -0.4 is 57.1 Å². The number of aromatic nitrogens is 1. The molecule has 0 spiro atoms. The second-order valence-electron chi connectivity index (χ2n) is 7.15. The largest absolute Gasteiger partial charge is 1.00 e. The van der Waals surface area contributed by atoms with Crippen LogP contribution in [0.1, 0.15) is 40.2 Å². The van der Waals surface area contributed by atoms with E-state index >= 15 is 0 Å². The number of hydrogen-bond donors (Lipinski definition) is 1. The van der Waals surface area contributed by atoms with Crippen molar-refractivity contribution in [3.05, 3.63) is 72.9 Å². The monoisotopic (exact) mass is 416 g/mol. The number of nitrogen functional groups attached to an aromatic ring is 1. The van der Waals surface area contributed by atoms with Crippen LogP contribution in [0.3, 0.4) is 0 Å². The third-order valence-electron chi connectivity index (χ3n) is 5.01. The Morgan fingerprint density at radius 3 is 2.52 bits per heavy atom. The number of piperidine rings is 1. The first-order valence-electron chi connectivity index (χ1n) is 9.27. The molecule has 2 heterocycles. The minimum Gasteiger partial charge on any atom is -0.452 e. The summed E-state index contributed by atoms with van der Waals surface area (Å²) >= 11 is 0. The molecule has 0 saturated carbocycles. The van der Waals surface area contributed by atoms with Crippen LogP contribution in [-0.4, -0.2) is 54.4 Å². The van der Waals surface area contributed by atoms with Gasteiger partial charge in [-0.2, -0.15) is 0 Å². The fraction of sp³-hybridized carbons (Fsp3) is 0.348. The van der Waals surface area contributed by atoms with Gasteiger partial charge in [-0.15, -0.1) is 18.0 Å². The van der Waals surface area contributed by atoms with Crippen molar-refractivity contribution in [1.82, 2.24) is 14.8 Å².